The van der Waals surface area contributed by atoms with Gasteiger partial charge in [0.05, 0.1) is 12.7 Å². The summed E-state index contributed by atoms with van der Waals surface area (Å²) in [6.45, 7) is 3.04. The van der Waals surface area contributed by atoms with E-state index in [4.69, 9.17) is 0 Å². The molecule has 0 N–H and O–H groups in total. The first kappa shape index (κ1) is 10.3. The minimum absolute atomic E-state index is 0.897. The molecule has 0 saturated carbocycles. The molecule has 2 heterocycles. The number of hydrogen-bond acceptors (Lipinski definition) is 3. The van der Waals surface area contributed by atoms with E-state index in [9.17, 15) is 0 Å². The molecule has 0 atom stereocenters. The Kier molecular flexibility index (Phi) is 2.78. The minimum Gasteiger partial charge on any atom is -0.369 e. The summed E-state index contributed by atoms with van der Waals surface area (Å²) < 4.78 is 1.89. The molecule has 88 valence electrons. The maximum atomic E-state index is 4.00. The molecule has 0 fully saturated rings. The number of fused-ring (bicyclic) bond motifs is 1. The van der Waals surface area contributed by atoms with E-state index in [1.807, 2.05) is 10.9 Å². The van der Waals surface area contributed by atoms with E-state index >= 15 is 0 Å². The molecule has 0 aliphatic carbocycles. The van der Waals surface area contributed by atoms with Crippen molar-refractivity contribution < 1.29 is 0 Å². The number of para-hydroxylation sites is 1. The van der Waals surface area contributed by atoms with Gasteiger partial charge in [-0.3, -0.25) is 4.68 Å². The Balaban J connectivity index is 1.72. The lowest BCUT2D eigenvalue weighted by Crippen LogP contribution is -2.32. The Morgan fingerprint density at radius 3 is 3.00 bits per heavy atom. The largest absolute Gasteiger partial charge is 0.369 e. The summed E-state index contributed by atoms with van der Waals surface area (Å²) >= 11 is 0. The number of rotatable bonds is 3. The fourth-order valence-electron chi connectivity index (χ4n) is 2.42. The highest BCUT2D eigenvalue weighted by atomic mass is 15.4. The normalized spacial score (nSPS) is 14.7. The van der Waals surface area contributed by atoms with Crippen molar-refractivity contribution >= 4 is 5.69 Å². The van der Waals surface area contributed by atoms with E-state index in [-0.39, 0.29) is 0 Å². The van der Waals surface area contributed by atoms with Crippen LogP contribution in [0.3, 0.4) is 0 Å². The van der Waals surface area contributed by atoms with Gasteiger partial charge in [0.2, 0.25) is 0 Å². The maximum Gasteiger partial charge on any atom is 0.0692 e. The van der Waals surface area contributed by atoms with Gasteiger partial charge in [0.15, 0.2) is 0 Å². The second kappa shape index (κ2) is 4.57. The zero-order chi connectivity index (χ0) is 11.5. The first-order chi connectivity index (χ1) is 8.43. The topological polar surface area (TPSA) is 34.0 Å². The molecule has 0 saturated heterocycles. The van der Waals surface area contributed by atoms with Crippen molar-refractivity contribution in [3.05, 3.63) is 42.2 Å². The van der Waals surface area contributed by atoms with Crippen molar-refractivity contribution in [2.24, 2.45) is 0 Å². The molecule has 4 nitrogen and oxygen atoms in total. The van der Waals surface area contributed by atoms with Gasteiger partial charge in [0.1, 0.15) is 0 Å². The summed E-state index contributed by atoms with van der Waals surface area (Å²) in [6, 6.07) is 8.69. The third kappa shape index (κ3) is 2.16. The van der Waals surface area contributed by atoms with Crippen molar-refractivity contribution in [2.45, 2.75) is 19.4 Å². The number of benzene rings is 1. The Morgan fingerprint density at radius 2 is 2.12 bits per heavy atom. The van der Waals surface area contributed by atoms with Crippen LogP contribution in [-0.4, -0.2) is 28.1 Å². The molecule has 0 radical (unpaired) electrons. The maximum absolute atomic E-state index is 4.00. The molecule has 17 heavy (non-hydrogen) atoms. The lowest BCUT2D eigenvalue weighted by Gasteiger charge is -2.31. The molecule has 3 rings (SSSR count). The SMILES string of the molecule is c1ccc2c(c1)CCCN2CCn1ccnn1. The third-order valence-electron chi connectivity index (χ3n) is 3.28. The van der Waals surface area contributed by atoms with Gasteiger partial charge in [0.25, 0.3) is 0 Å². The van der Waals surface area contributed by atoms with Crippen molar-refractivity contribution in [3.63, 3.8) is 0 Å². The van der Waals surface area contributed by atoms with Crippen LogP contribution >= 0.6 is 0 Å². The first-order valence-corrected chi connectivity index (χ1v) is 6.10. The van der Waals surface area contributed by atoms with Crippen molar-refractivity contribution in [3.8, 4) is 0 Å². The summed E-state index contributed by atoms with van der Waals surface area (Å²) in [5, 5.41) is 7.82. The number of hydrogen-bond donors (Lipinski definition) is 0. The first-order valence-electron chi connectivity index (χ1n) is 6.10. The lowest BCUT2D eigenvalue weighted by molar-refractivity contribution is 0.562. The molecular formula is C13H16N4. The highest BCUT2D eigenvalue weighted by Crippen LogP contribution is 2.26. The average molecular weight is 228 g/mol. The van der Waals surface area contributed by atoms with Gasteiger partial charge >= 0.3 is 0 Å². The van der Waals surface area contributed by atoms with Gasteiger partial charge in [-0.05, 0) is 24.5 Å². The molecule has 1 aliphatic rings. The van der Waals surface area contributed by atoms with Gasteiger partial charge in [-0.1, -0.05) is 23.4 Å². The van der Waals surface area contributed by atoms with Crippen LogP contribution in [0.15, 0.2) is 36.7 Å². The molecule has 0 bridgehead atoms. The van der Waals surface area contributed by atoms with Crippen LogP contribution in [0.25, 0.3) is 0 Å². The van der Waals surface area contributed by atoms with E-state index in [1.54, 1.807) is 6.20 Å². The Bertz CT molecular complexity index is 478. The molecule has 4 heteroatoms. The summed E-state index contributed by atoms with van der Waals surface area (Å²) in [5.41, 5.74) is 2.86. The molecule has 0 unspecified atom stereocenters. The molecule has 1 aromatic carbocycles. The van der Waals surface area contributed by atoms with Crippen molar-refractivity contribution in [1.82, 2.24) is 15.0 Å². The summed E-state index contributed by atoms with van der Waals surface area (Å²) in [6.07, 6.45) is 6.09. The number of anilines is 1. The zero-order valence-corrected chi connectivity index (χ0v) is 9.79. The predicted molar refractivity (Wildman–Crippen MR) is 67.0 cm³/mol. The average Bonchev–Trinajstić information content (AvgIpc) is 2.89. The molecule has 1 aliphatic heterocycles. The van der Waals surface area contributed by atoms with Gasteiger partial charge < -0.3 is 4.90 Å². The number of aryl methyl sites for hydroxylation is 1. The highest BCUT2D eigenvalue weighted by Gasteiger charge is 2.15. The lowest BCUT2D eigenvalue weighted by atomic mass is 10.0. The molecular weight excluding hydrogens is 212 g/mol. The van der Waals surface area contributed by atoms with E-state index in [2.05, 4.69) is 39.5 Å². The van der Waals surface area contributed by atoms with Crippen molar-refractivity contribution in [2.75, 3.05) is 18.0 Å². The van der Waals surface area contributed by atoms with Gasteiger partial charge in [-0.2, -0.15) is 0 Å². The monoisotopic (exact) mass is 228 g/mol. The summed E-state index contributed by atoms with van der Waals surface area (Å²) in [4.78, 5) is 2.44. The van der Waals surface area contributed by atoms with Crippen LogP contribution in [0, 0.1) is 0 Å². The van der Waals surface area contributed by atoms with Crippen LogP contribution in [0.2, 0.25) is 0 Å². The summed E-state index contributed by atoms with van der Waals surface area (Å²) in [7, 11) is 0. The second-order valence-corrected chi connectivity index (χ2v) is 4.39. The van der Waals surface area contributed by atoms with E-state index < -0.39 is 0 Å². The zero-order valence-electron chi connectivity index (χ0n) is 9.79. The number of aromatic nitrogens is 3. The Morgan fingerprint density at radius 1 is 1.18 bits per heavy atom. The van der Waals surface area contributed by atoms with Gasteiger partial charge in [-0.15, -0.1) is 5.10 Å². The second-order valence-electron chi connectivity index (χ2n) is 4.39. The van der Waals surface area contributed by atoms with Crippen LogP contribution < -0.4 is 4.90 Å². The molecule has 1 aromatic heterocycles. The fourth-order valence-corrected chi connectivity index (χ4v) is 2.42. The van der Waals surface area contributed by atoms with Crippen LogP contribution in [0.4, 0.5) is 5.69 Å². The van der Waals surface area contributed by atoms with Crippen LogP contribution in [0.1, 0.15) is 12.0 Å². The van der Waals surface area contributed by atoms with Gasteiger partial charge in [-0.25, -0.2) is 0 Å². The summed E-state index contributed by atoms with van der Waals surface area (Å²) in [5.74, 6) is 0. The molecule has 0 spiro atoms. The van der Waals surface area contributed by atoms with E-state index in [0.717, 1.165) is 19.6 Å². The van der Waals surface area contributed by atoms with E-state index in [1.165, 1.54) is 24.1 Å². The van der Waals surface area contributed by atoms with Gasteiger partial charge in [0, 0.05) is 25.0 Å². The third-order valence-corrected chi connectivity index (χ3v) is 3.28. The standard InChI is InChI=1S/C13H16N4/c1-2-6-13-12(4-1)5-3-8-16(13)10-11-17-9-7-14-15-17/h1-2,4,6-7,9H,3,5,8,10-11H2. The molecule has 0 amide bonds. The smallest absolute Gasteiger partial charge is 0.0692 e. The number of nitrogens with zero attached hydrogens (tertiary/aromatic N) is 4. The predicted octanol–water partition coefficient (Wildman–Crippen LogP) is 1.73. The van der Waals surface area contributed by atoms with Crippen LogP contribution in [0.5, 0.6) is 0 Å². The van der Waals surface area contributed by atoms with E-state index in [0.29, 0.717) is 0 Å². The Labute approximate surface area is 101 Å². The van der Waals surface area contributed by atoms with Crippen molar-refractivity contribution in [1.29, 1.82) is 0 Å². The fraction of sp³-hybridized carbons (Fsp3) is 0.385. The quantitative estimate of drug-likeness (QED) is 0.802. The van der Waals surface area contributed by atoms with Crippen LogP contribution in [-0.2, 0) is 13.0 Å². The highest BCUT2D eigenvalue weighted by molar-refractivity contribution is 5.55. The molecule has 2 aromatic rings. The Hall–Kier alpha value is -1.84. The minimum atomic E-state index is 0.897.